The number of halogens is 1. The molecule has 166 valence electrons. The van der Waals surface area contributed by atoms with E-state index in [1.54, 1.807) is 39.4 Å². The average Bonchev–Trinajstić information content (AvgIpc) is 3.28. The van der Waals surface area contributed by atoms with E-state index in [1.165, 1.54) is 4.90 Å². The minimum Gasteiger partial charge on any atom is -0.497 e. The highest BCUT2D eigenvalue weighted by Crippen LogP contribution is 2.27. The largest absolute Gasteiger partial charge is 0.497 e. The van der Waals surface area contributed by atoms with Crippen LogP contribution in [-0.2, 0) is 0 Å². The summed E-state index contributed by atoms with van der Waals surface area (Å²) < 4.78 is 5.26. The molecular weight excluding hydrogens is 416 g/mol. The molecule has 2 aromatic carbocycles. The summed E-state index contributed by atoms with van der Waals surface area (Å²) in [7, 11) is 4.95. The molecule has 1 aliphatic heterocycles. The van der Waals surface area contributed by atoms with Crippen LogP contribution in [0.1, 0.15) is 34.8 Å². The summed E-state index contributed by atoms with van der Waals surface area (Å²) in [6, 6.07) is 12.7. The highest BCUT2D eigenvalue weighted by Gasteiger charge is 2.24. The van der Waals surface area contributed by atoms with Crippen molar-refractivity contribution in [1.29, 1.82) is 0 Å². The monoisotopic (exact) mass is 444 g/mol. The van der Waals surface area contributed by atoms with E-state index in [0.29, 0.717) is 17.8 Å². The second kappa shape index (κ2) is 10.5. The third kappa shape index (κ3) is 5.89. The SMILES string of the molecule is COc1ccc([C@@H](CNC(=O)c2ccc(NC(=O)N(C)C)cc2Cl)N2CCCC2)cc1. The number of anilines is 1. The second-order valence-electron chi connectivity index (χ2n) is 7.76. The smallest absolute Gasteiger partial charge is 0.321 e. The standard InChI is InChI=1S/C23H29ClN4O3/c1-27(2)23(30)26-17-8-11-19(20(24)14-17)22(29)25-15-21(28-12-4-5-13-28)16-6-9-18(31-3)10-7-16/h6-11,14,21H,4-5,12-13,15H2,1-3H3,(H,25,29)(H,26,30)/t21-/m1/s1. The van der Waals surface area contributed by atoms with Gasteiger partial charge in [-0.15, -0.1) is 0 Å². The summed E-state index contributed by atoms with van der Waals surface area (Å²) in [6.07, 6.45) is 2.32. The van der Waals surface area contributed by atoms with Gasteiger partial charge in [-0.2, -0.15) is 0 Å². The van der Waals surface area contributed by atoms with Gasteiger partial charge in [0.1, 0.15) is 5.75 Å². The van der Waals surface area contributed by atoms with Gasteiger partial charge in [0.2, 0.25) is 0 Å². The van der Waals surface area contributed by atoms with Crippen LogP contribution >= 0.6 is 11.6 Å². The summed E-state index contributed by atoms with van der Waals surface area (Å²) >= 11 is 6.33. The topological polar surface area (TPSA) is 73.9 Å². The third-order valence-corrected chi connectivity index (χ3v) is 5.72. The van der Waals surface area contributed by atoms with Gasteiger partial charge in [0.05, 0.1) is 23.7 Å². The molecule has 0 unspecified atom stereocenters. The zero-order chi connectivity index (χ0) is 22.4. The van der Waals surface area contributed by atoms with E-state index >= 15 is 0 Å². The molecule has 1 aliphatic rings. The lowest BCUT2D eigenvalue weighted by atomic mass is 10.0. The number of ether oxygens (including phenoxy) is 1. The van der Waals surface area contributed by atoms with Crippen molar-refractivity contribution in [3.8, 4) is 5.75 Å². The predicted molar refractivity (Wildman–Crippen MR) is 123 cm³/mol. The fourth-order valence-corrected chi connectivity index (χ4v) is 3.90. The van der Waals surface area contributed by atoms with Gasteiger partial charge in [0.15, 0.2) is 0 Å². The molecule has 0 bridgehead atoms. The van der Waals surface area contributed by atoms with E-state index in [-0.39, 0.29) is 23.0 Å². The maximum Gasteiger partial charge on any atom is 0.321 e. The molecule has 1 saturated heterocycles. The Bertz CT molecular complexity index is 912. The molecule has 1 heterocycles. The summed E-state index contributed by atoms with van der Waals surface area (Å²) in [5.41, 5.74) is 2.05. The van der Waals surface area contributed by atoms with Crippen LogP contribution in [0, 0.1) is 0 Å². The van der Waals surface area contributed by atoms with E-state index in [1.807, 2.05) is 24.3 Å². The fourth-order valence-electron chi connectivity index (χ4n) is 3.63. The first kappa shape index (κ1) is 22.9. The number of hydrogen-bond donors (Lipinski definition) is 2. The van der Waals surface area contributed by atoms with Gasteiger partial charge in [0.25, 0.3) is 5.91 Å². The zero-order valence-corrected chi connectivity index (χ0v) is 18.9. The minimum atomic E-state index is -0.263. The molecule has 3 rings (SSSR count). The van der Waals surface area contributed by atoms with Gasteiger partial charge in [-0.3, -0.25) is 9.69 Å². The van der Waals surface area contributed by atoms with E-state index in [2.05, 4.69) is 15.5 Å². The quantitative estimate of drug-likeness (QED) is 0.676. The van der Waals surface area contributed by atoms with Crippen LogP contribution in [0.5, 0.6) is 5.75 Å². The first-order valence-electron chi connectivity index (χ1n) is 10.3. The molecule has 1 atom stereocenters. The number of urea groups is 1. The van der Waals surface area contributed by atoms with Gasteiger partial charge in [-0.1, -0.05) is 23.7 Å². The molecule has 2 aromatic rings. The molecular formula is C23H29ClN4O3. The number of methoxy groups -OCH3 is 1. The normalized spacial score (nSPS) is 14.7. The Kier molecular flexibility index (Phi) is 7.76. The van der Waals surface area contributed by atoms with Gasteiger partial charge < -0.3 is 20.3 Å². The van der Waals surface area contributed by atoms with Crippen LogP contribution in [0.15, 0.2) is 42.5 Å². The van der Waals surface area contributed by atoms with Crippen LogP contribution in [0.25, 0.3) is 0 Å². The highest BCUT2D eigenvalue weighted by molar-refractivity contribution is 6.34. The van der Waals surface area contributed by atoms with Crippen molar-refractivity contribution in [2.45, 2.75) is 18.9 Å². The van der Waals surface area contributed by atoms with Crippen molar-refractivity contribution in [2.24, 2.45) is 0 Å². The molecule has 0 aromatic heterocycles. The predicted octanol–water partition coefficient (Wildman–Crippen LogP) is 4.01. The van der Waals surface area contributed by atoms with Crippen molar-refractivity contribution in [2.75, 3.05) is 46.2 Å². The molecule has 8 heteroatoms. The van der Waals surface area contributed by atoms with Crippen LogP contribution in [0.2, 0.25) is 5.02 Å². The maximum absolute atomic E-state index is 12.8. The Labute approximate surface area is 188 Å². The number of carbonyl (C=O) groups is 2. The van der Waals surface area contributed by atoms with Crippen molar-refractivity contribution >= 4 is 29.2 Å². The number of hydrogen-bond acceptors (Lipinski definition) is 4. The highest BCUT2D eigenvalue weighted by atomic mass is 35.5. The summed E-state index contributed by atoms with van der Waals surface area (Å²) in [4.78, 5) is 28.4. The summed E-state index contributed by atoms with van der Waals surface area (Å²) in [5, 5.41) is 6.04. The lowest BCUT2D eigenvalue weighted by Crippen LogP contribution is -2.36. The van der Waals surface area contributed by atoms with Gasteiger partial charge in [0, 0.05) is 26.3 Å². The van der Waals surface area contributed by atoms with Gasteiger partial charge in [-0.25, -0.2) is 4.79 Å². The Morgan fingerprint density at radius 2 is 1.81 bits per heavy atom. The van der Waals surface area contributed by atoms with E-state index in [4.69, 9.17) is 16.3 Å². The Balaban J connectivity index is 1.69. The fraction of sp³-hybridized carbons (Fsp3) is 0.391. The maximum atomic E-state index is 12.8. The molecule has 1 fully saturated rings. The number of rotatable bonds is 7. The van der Waals surface area contributed by atoms with E-state index in [0.717, 1.165) is 37.2 Å². The zero-order valence-electron chi connectivity index (χ0n) is 18.2. The Hall–Kier alpha value is -2.77. The van der Waals surface area contributed by atoms with Crippen LogP contribution in [0.4, 0.5) is 10.5 Å². The number of nitrogens with one attached hydrogen (secondary N) is 2. The lowest BCUT2D eigenvalue weighted by Gasteiger charge is -2.28. The number of likely N-dealkylation sites (tertiary alicyclic amines) is 1. The second-order valence-corrected chi connectivity index (χ2v) is 8.17. The first-order chi connectivity index (χ1) is 14.9. The van der Waals surface area contributed by atoms with E-state index in [9.17, 15) is 9.59 Å². The molecule has 31 heavy (non-hydrogen) atoms. The van der Waals surface area contributed by atoms with Crippen LogP contribution in [0.3, 0.4) is 0 Å². The number of amides is 3. The molecule has 2 N–H and O–H groups in total. The van der Waals surface area contributed by atoms with Gasteiger partial charge in [-0.05, 0) is 61.8 Å². The number of carbonyl (C=O) groups excluding carboxylic acids is 2. The molecule has 0 aliphatic carbocycles. The van der Waals surface area contributed by atoms with Crippen molar-refractivity contribution < 1.29 is 14.3 Å². The molecule has 0 radical (unpaired) electrons. The molecule has 3 amide bonds. The third-order valence-electron chi connectivity index (χ3n) is 5.41. The first-order valence-corrected chi connectivity index (χ1v) is 10.7. The summed E-state index contributed by atoms with van der Waals surface area (Å²) in [5.74, 6) is 0.564. The van der Waals surface area contributed by atoms with Crippen LogP contribution in [-0.4, -0.2) is 62.6 Å². The Morgan fingerprint density at radius 3 is 2.39 bits per heavy atom. The van der Waals surface area contributed by atoms with Crippen molar-refractivity contribution in [3.05, 3.63) is 58.6 Å². The summed E-state index contributed by atoms with van der Waals surface area (Å²) in [6.45, 7) is 2.49. The molecule has 0 spiro atoms. The van der Waals surface area contributed by atoms with Crippen molar-refractivity contribution in [3.63, 3.8) is 0 Å². The molecule has 0 saturated carbocycles. The van der Waals surface area contributed by atoms with E-state index < -0.39 is 0 Å². The van der Waals surface area contributed by atoms with Gasteiger partial charge >= 0.3 is 6.03 Å². The minimum absolute atomic E-state index is 0.0785. The molecule has 7 nitrogen and oxygen atoms in total. The number of nitrogens with zero attached hydrogens (tertiary/aromatic N) is 2. The Morgan fingerprint density at radius 1 is 1.13 bits per heavy atom. The van der Waals surface area contributed by atoms with Crippen LogP contribution < -0.4 is 15.4 Å². The number of benzene rings is 2. The lowest BCUT2D eigenvalue weighted by molar-refractivity contribution is 0.0938. The van der Waals surface area contributed by atoms with Crippen molar-refractivity contribution in [1.82, 2.24) is 15.1 Å². The average molecular weight is 445 g/mol.